The second-order valence-electron chi connectivity index (χ2n) is 4.59. The highest BCUT2D eigenvalue weighted by molar-refractivity contribution is 5.79. The Morgan fingerprint density at radius 3 is 2.58 bits per heavy atom. The number of rotatable bonds is 3. The molecule has 0 amide bonds. The summed E-state index contributed by atoms with van der Waals surface area (Å²) in [4.78, 5) is 15.0. The van der Waals surface area contributed by atoms with Gasteiger partial charge in [-0.3, -0.25) is 4.79 Å². The Labute approximate surface area is 107 Å². The summed E-state index contributed by atoms with van der Waals surface area (Å²) in [6.07, 6.45) is 1.27. The standard InChI is InChI=1S/C13H11F2NO3/c1-13(2,12(17)18)10-6-16-11(19-10)7-3-4-8(14)9(15)5-7/h3-6H,1-2H3,(H,17,18). The fraction of sp³-hybridized carbons (Fsp3) is 0.231. The summed E-state index contributed by atoms with van der Waals surface area (Å²) in [5.41, 5.74) is -1.00. The van der Waals surface area contributed by atoms with Crippen LogP contribution in [0.1, 0.15) is 19.6 Å². The van der Waals surface area contributed by atoms with Crippen LogP contribution in [0.25, 0.3) is 11.5 Å². The second-order valence-corrected chi connectivity index (χ2v) is 4.59. The zero-order valence-electron chi connectivity index (χ0n) is 10.3. The van der Waals surface area contributed by atoms with Crippen LogP contribution in [-0.4, -0.2) is 16.1 Å². The molecule has 0 atom stereocenters. The molecule has 1 aromatic heterocycles. The van der Waals surface area contributed by atoms with Gasteiger partial charge in [0.15, 0.2) is 11.6 Å². The van der Waals surface area contributed by atoms with Crippen molar-refractivity contribution in [3.05, 3.63) is 41.8 Å². The topological polar surface area (TPSA) is 63.3 Å². The van der Waals surface area contributed by atoms with Crippen LogP contribution in [0.3, 0.4) is 0 Å². The van der Waals surface area contributed by atoms with Gasteiger partial charge in [-0.05, 0) is 32.0 Å². The quantitative estimate of drug-likeness (QED) is 0.928. The van der Waals surface area contributed by atoms with E-state index in [0.29, 0.717) is 0 Å². The fourth-order valence-corrected chi connectivity index (χ4v) is 1.43. The molecule has 2 aromatic rings. The van der Waals surface area contributed by atoms with Gasteiger partial charge in [-0.1, -0.05) is 0 Å². The van der Waals surface area contributed by atoms with E-state index in [-0.39, 0.29) is 17.2 Å². The minimum atomic E-state index is -1.25. The van der Waals surface area contributed by atoms with Crippen molar-refractivity contribution in [3.8, 4) is 11.5 Å². The van der Waals surface area contributed by atoms with Gasteiger partial charge in [0.05, 0.1) is 6.20 Å². The highest BCUT2D eigenvalue weighted by Crippen LogP contribution is 2.28. The molecular weight excluding hydrogens is 256 g/mol. The van der Waals surface area contributed by atoms with E-state index in [4.69, 9.17) is 9.52 Å². The number of hydrogen-bond donors (Lipinski definition) is 1. The number of benzene rings is 1. The van der Waals surface area contributed by atoms with E-state index in [1.54, 1.807) is 0 Å². The van der Waals surface area contributed by atoms with Crippen molar-refractivity contribution in [3.63, 3.8) is 0 Å². The smallest absolute Gasteiger partial charge is 0.316 e. The normalized spacial score (nSPS) is 11.6. The van der Waals surface area contributed by atoms with Crippen LogP contribution in [0.15, 0.2) is 28.8 Å². The third-order valence-corrected chi connectivity index (χ3v) is 2.82. The first-order valence-electron chi connectivity index (χ1n) is 5.47. The molecule has 1 heterocycles. The highest BCUT2D eigenvalue weighted by atomic mass is 19.2. The Hall–Kier alpha value is -2.24. The van der Waals surface area contributed by atoms with Crippen molar-refractivity contribution in [2.24, 2.45) is 0 Å². The monoisotopic (exact) mass is 267 g/mol. The summed E-state index contributed by atoms with van der Waals surface area (Å²) < 4.78 is 31.2. The first-order valence-corrected chi connectivity index (χ1v) is 5.47. The molecule has 19 heavy (non-hydrogen) atoms. The molecule has 6 heteroatoms. The van der Waals surface area contributed by atoms with Crippen LogP contribution in [0.4, 0.5) is 8.78 Å². The molecule has 0 aliphatic heterocycles. The average Bonchev–Trinajstić information content (AvgIpc) is 2.82. The first-order chi connectivity index (χ1) is 8.82. The number of carboxylic acid groups (broad SMARTS) is 1. The highest BCUT2D eigenvalue weighted by Gasteiger charge is 2.33. The number of aromatic nitrogens is 1. The Morgan fingerprint density at radius 2 is 2.00 bits per heavy atom. The van der Waals surface area contributed by atoms with Crippen molar-refractivity contribution < 1.29 is 23.1 Å². The van der Waals surface area contributed by atoms with E-state index < -0.39 is 23.0 Å². The Kier molecular flexibility index (Phi) is 3.09. The van der Waals surface area contributed by atoms with Gasteiger partial charge in [-0.15, -0.1) is 0 Å². The van der Waals surface area contributed by atoms with Crippen molar-refractivity contribution in [2.45, 2.75) is 19.3 Å². The zero-order chi connectivity index (χ0) is 14.2. The molecule has 0 fully saturated rings. The molecule has 1 aromatic carbocycles. The number of nitrogens with zero attached hydrogens (tertiary/aromatic N) is 1. The molecule has 1 N–H and O–H groups in total. The average molecular weight is 267 g/mol. The number of carboxylic acids is 1. The molecule has 2 rings (SSSR count). The largest absolute Gasteiger partial charge is 0.481 e. The van der Waals surface area contributed by atoms with Crippen LogP contribution in [-0.2, 0) is 10.2 Å². The van der Waals surface area contributed by atoms with Crippen molar-refractivity contribution >= 4 is 5.97 Å². The van der Waals surface area contributed by atoms with Gasteiger partial charge < -0.3 is 9.52 Å². The van der Waals surface area contributed by atoms with Gasteiger partial charge in [0.2, 0.25) is 5.89 Å². The van der Waals surface area contributed by atoms with Crippen LogP contribution in [0, 0.1) is 11.6 Å². The summed E-state index contributed by atoms with van der Waals surface area (Å²) in [6, 6.07) is 3.21. The lowest BCUT2D eigenvalue weighted by Gasteiger charge is -2.14. The molecule has 4 nitrogen and oxygen atoms in total. The zero-order valence-corrected chi connectivity index (χ0v) is 10.3. The summed E-state index contributed by atoms with van der Waals surface area (Å²) in [6.45, 7) is 2.93. The fourth-order valence-electron chi connectivity index (χ4n) is 1.43. The molecule has 0 saturated heterocycles. The minimum absolute atomic E-state index is 0.0447. The summed E-state index contributed by atoms with van der Waals surface area (Å²) >= 11 is 0. The molecular formula is C13H11F2NO3. The lowest BCUT2D eigenvalue weighted by molar-refractivity contribution is -0.143. The van der Waals surface area contributed by atoms with Gasteiger partial charge in [-0.25, -0.2) is 13.8 Å². The summed E-state index contributed by atoms with van der Waals surface area (Å²) in [5, 5.41) is 9.06. The van der Waals surface area contributed by atoms with E-state index in [1.165, 1.54) is 26.1 Å². The molecule has 100 valence electrons. The van der Waals surface area contributed by atoms with E-state index >= 15 is 0 Å². The van der Waals surface area contributed by atoms with E-state index in [9.17, 15) is 13.6 Å². The van der Waals surface area contributed by atoms with Crippen molar-refractivity contribution in [2.75, 3.05) is 0 Å². The first kappa shape index (κ1) is 13.2. The maximum Gasteiger partial charge on any atom is 0.316 e. The maximum atomic E-state index is 13.1. The van der Waals surface area contributed by atoms with Crippen LogP contribution < -0.4 is 0 Å². The molecule has 0 spiro atoms. The molecule has 0 bridgehead atoms. The summed E-state index contributed by atoms with van der Waals surface area (Å²) in [5.74, 6) is -2.88. The van der Waals surface area contributed by atoms with Crippen LogP contribution in [0.5, 0.6) is 0 Å². The molecule has 0 unspecified atom stereocenters. The lowest BCUT2D eigenvalue weighted by Crippen LogP contribution is -2.27. The lowest BCUT2D eigenvalue weighted by atomic mass is 9.91. The predicted octanol–water partition coefficient (Wildman–Crippen LogP) is 2.98. The Bertz CT molecular complexity index is 635. The third-order valence-electron chi connectivity index (χ3n) is 2.82. The van der Waals surface area contributed by atoms with E-state index in [2.05, 4.69) is 4.98 Å². The van der Waals surface area contributed by atoms with Crippen molar-refractivity contribution in [1.29, 1.82) is 0 Å². The number of aliphatic carboxylic acids is 1. The van der Waals surface area contributed by atoms with Crippen LogP contribution >= 0.6 is 0 Å². The Morgan fingerprint density at radius 1 is 1.32 bits per heavy atom. The number of halogens is 2. The molecule has 0 aliphatic carbocycles. The van der Waals surface area contributed by atoms with E-state index in [1.807, 2.05) is 0 Å². The molecule has 0 radical (unpaired) electrons. The van der Waals surface area contributed by atoms with Crippen LogP contribution in [0.2, 0.25) is 0 Å². The van der Waals surface area contributed by atoms with Gasteiger partial charge >= 0.3 is 5.97 Å². The van der Waals surface area contributed by atoms with Gasteiger partial charge in [0.1, 0.15) is 11.2 Å². The SMILES string of the molecule is CC(C)(C(=O)O)c1cnc(-c2ccc(F)c(F)c2)o1. The van der Waals surface area contributed by atoms with E-state index in [0.717, 1.165) is 12.1 Å². The summed E-state index contributed by atoms with van der Waals surface area (Å²) in [7, 11) is 0. The third kappa shape index (κ3) is 2.33. The predicted molar refractivity (Wildman–Crippen MR) is 62.5 cm³/mol. The molecule has 0 saturated carbocycles. The van der Waals surface area contributed by atoms with Gasteiger partial charge in [0.25, 0.3) is 0 Å². The Balaban J connectivity index is 2.41. The number of oxazole rings is 1. The van der Waals surface area contributed by atoms with Gasteiger partial charge in [0, 0.05) is 5.56 Å². The molecule has 0 aliphatic rings. The number of hydrogen-bond acceptors (Lipinski definition) is 3. The van der Waals surface area contributed by atoms with Crippen molar-refractivity contribution in [1.82, 2.24) is 4.98 Å². The minimum Gasteiger partial charge on any atom is -0.481 e. The van der Waals surface area contributed by atoms with Gasteiger partial charge in [-0.2, -0.15) is 0 Å². The number of carbonyl (C=O) groups is 1. The maximum absolute atomic E-state index is 13.1. The second kappa shape index (κ2) is 4.46.